The van der Waals surface area contributed by atoms with E-state index in [4.69, 9.17) is 4.98 Å². The predicted molar refractivity (Wildman–Crippen MR) is 223 cm³/mol. The van der Waals surface area contributed by atoms with E-state index in [0.717, 1.165) is 40.1 Å². The maximum absolute atomic E-state index is 13.3. The molecule has 1 fully saturated rings. The molecular weight excluding hydrogens is 864 g/mol. The second kappa shape index (κ2) is 17.1. The summed E-state index contributed by atoms with van der Waals surface area (Å²) in [6.07, 6.45) is 11.8. The molecule has 4 aromatic carbocycles. The number of nitrogens with zero attached hydrogens (tertiary/aromatic N) is 2. The molecule has 0 spiro atoms. The van der Waals surface area contributed by atoms with Crippen LogP contribution in [0.5, 0.6) is 0 Å². The fraction of sp³-hybridized carbons (Fsp3) is 0.277. The Morgan fingerprint density at radius 1 is 0.792 bits per heavy atom. The molecule has 273 valence electrons. The van der Waals surface area contributed by atoms with Crippen LogP contribution in [0.25, 0.3) is 53.8 Å². The number of pyridine rings is 2. The maximum Gasteiger partial charge on any atom is 0.123 e. The van der Waals surface area contributed by atoms with E-state index in [1.807, 2.05) is 42.6 Å². The number of hydrogen-bond donors (Lipinski definition) is 0. The quantitative estimate of drug-likeness (QED) is 0.118. The van der Waals surface area contributed by atoms with Gasteiger partial charge in [-0.05, 0) is 93.2 Å². The van der Waals surface area contributed by atoms with Crippen molar-refractivity contribution in [3.05, 3.63) is 139 Å². The molecular formula is C47H47FIrN2SSi-2. The van der Waals surface area contributed by atoms with E-state index in [1.54, 1.807) is 11.3 Å². The summed E-state index contributed by atoms with van der Waals surface area (Å²) in [7, 11) is -1.34. The minimum Gasteiger partial charge on any atom is -0.305 e. The van der Waals surface area contributed by atoms with Crippen LogP contribution in [-0.2, 0) is 26.5 Å². The van der Waals surface area contributed by atoms with Gasteiger partial charge in [-0.1, -0.05) is 106 Å². The first-order valence-corrected chi connectivity index (χ1v) is 23.0. The van der Waals surface area contributed by atoms with E-state index >= 15 is 0 Å². The van der Waals surface area contributed by atoms with Crippen LogP contribution in [0.3, 0.4) is 0 Å². The van der Waals surface area contributed by atoms with Gasteiger partial charge in [0, 0.05) is 37.2 Å². The molecule has 0 saturated heterocycles. The van der Waals surface area contributed by atoms with E-state index in [1.165, 1.54) is 80.7 Å². The predicted octanol–water partition coefficient (Wildman–Crippen LogP) is 13.1. The first kappa shape index (κ1) is 38.9. The minimum absolute atomic E-state index is 0. The largest absolute Gasteiger partial charge is 0.305 e. The molecule has 8 rings (SSSR count). The zero-order valence-electron chi connectivity index (χ0n) is 31.3. The summed E-state index contributed by atoms with van der Waals surface area (Å²) in [5, 5.41) is 3.98. The molecule has 0 atom stereocenters. The molecule has 1 radical (unpaired) electrons. The first-order valence-electron chi connectivity index (χ1n) is 18.7. The van der Waals surface area contributed by atoms with E-state index in [2.05, 4.69) is 105 Å². The summed E-state index contributed by atoms with van der Waals surface area (Å²) in [4.78, 5) is 9.42. The van der Waals surface area contributed by atoms with Crippen LogP contribution in [0.2, 0.25) is 19.6 Å². The van der Waals surface area contributed by atoms with Crippen molar-refractivity contribution in [1.29, 1.82) is 0 Å². The molecule has 1 saturated carbocycles. The minimum atomic E-state index is -1.34. The SMILES string of the molecule is CC(C)Cc1cc(-c2[c-]cccc2)ncc1[Si](C)(C)C.Fc1ccc(-c2ccc3c(c2)sc2c(-c4cc(C5CCCCC5)ccn4)[c-]ccc23)cc1.[Ir]. The Labute approximate surface area is 333 Å². The van der Waals surface area contributed by atoms with Gasteiger partial charge in [-0.25, -0.2) is 4.39 Å². The molecule has 1 aliphatic rings. The number of benzene rings is 4. The van der Waals surface area contributed by atoms with Crippen LogP contribution >= 0.6 is 11.3 Å². The van der Waals surface area contributed by atoms with Gasteiger partial charge in [-0.3, -0.25) is 0 Å². The van der Waals surface area contributed by atoms with Crippen LogP contribution in [0.4, 0.5) is 4.39 Å². The fourth-order valence-electron chi connectivity index (χ4n) is 7.51. The number of thiophene rings is 1. The standard InChI is InChI=1S/C29H23FNS.C18H24NSi.Ir/c30-23-12-9-20(10-13-23)21-11-14-24-25-7-4-8-26(29(25)32-28(24)18-21)27-17-22(15-16-31-27)19-5-2-1-3-6-19;1-14(2)11-16-12-17(15-9-7-6-8-10-15)19-13-18(16)20(3,4)5;/h4,7,9-19H,1-3,5-6H2;6-9,12-14H,11H2,1-5H3;/q2*-1;. The van der Waals surface area contributed by atoms with Gasteiger partial charge in [0.25, 0.3) is 0 Å². The van der Waals surface area contributed by atoms with Crippen molar-refractivity contribution < 1.29 is 24.5 Å². The van der Waals surface area contributed by atoms with E-state index in [0.29, 0.717) is 11.8 Å². The van der Waals surface area contributed by atoms with Gasteiger partial charge >= 0.3 is 0 Å². The van der Waals surface area contributed by atoms with Gasteiger partial charge in [0.2, 0.25) is 0 Å². The summed E-state index contributed by atoms with van der Waals surface area (Å²) in [6.45, 7) is 11.7. The Kier molecular flexibility index (Phi) is 12.6. The van der Waals surface area contributed by atoms with Crippen LogP contribution in [-0.4, -0.2) is 18.0 Å². The van der Waals surface area contributed by atoms with Crippen LogP contribution < -0.4 is 5.19 Å². The number of rotatable bonds is 7. The molecule has 0 aliphatic heterocycles. The second-order valence-corrected chi connectivity index (χ2v) is 21.7. The topological polar surface area (TPSA) is 25.8 Å². The molecule has 1 aliphatic carbocycles. The molecule has 53 heavy (non-hydrogen) atoms. The molecule has 0 amide bonds. The van der Waals surface area contributed by atoms with E-state index in [-0.39, 0.29) is 25.9 Å². The Balaban J connectivity index is 0.000000199. The monoisotopic (exact) mass is 911 g/mol. The molecule has 0 N–H and O–H groups in total. The third-order valence-electron chi connectivity index (χ3n) is 10.1. The molecule has 3 aromatic heterocycles. The van der Waals surface area contributed by atoms with Gasteiger partial charge in [-0.15, -0.1) is 59.7 Å². The van der Waals surface area contributed by atoms with Crippen molar-refractivity contribution >= 4 is 44.8 Å². The van der Waals surface area contributed by atoms with Crippen molar-refractivity contribution in [3.8, 4) is 33.6 Å². The molecule has 0 bridgehead atoms. The smallest absolute Gasteiger partial charge is 0.123 e. The van der Waals surface area contributed by atoms with Gasteiger partial charge in [0.05, 0.1) is 8.07 Å². The zero-order chi connectivity index (χ0) is 36.2. The third-order valence-corrected chi connectivity index (χ3v) is 13.4. The molecule has 3 heterocycles. The van der Waals surface area contributed by atoms with Crippen LogP contribution in [0, 0.1) is 23.9 Å². The van der Waals surface area contributed by atoms with Gasteiger partial charge in [0.1, 0.15) is 5.82 Å². The molecule has 2 nitrogen and oxygen atoms in total. The Hall–Kier alpha value is -3.80. The summed E-state index contributed by atoms with van der Waals surface area (Å²) in [5.74, 6) is 1.12. The van der Waals surface area contributed by atoms with E-state index < -0.39 is 8.07 Å². The van der Waals surface area contributed by atoms with Crippen molar-refractivity contribution in [2.24, 2.45) is 5.92 Å². The Morgan fingerprint density at radius 3 is 2.28 bits per heavy atom. The van der Waals surface area contributed by atoms with Crippen LogP contribution in [0.1, 0.15) is 63.0 Å². The first-order chi connectivity index (χ1) is 25.1. The Bertz CT molecular complexity index is 2290. The average molecular weight is 911 g/mol. The van der Waals surface area contributed by atoms with Crippen molar-refractivity contribution in [3.63, 3.8) is 0 Å². The summed E-state index contributed by atoms with van der Waals surface area (Å²) in [5.41, 5.74) is 9.25. The summed E-state index contributed by atoms with van der Waals surface area (Å²) >= 11 is 1.79. The fourth-order valence-corrected chi connectivity index (χ4v) is 10.3. The van der Waals surface area contributed by atoms with Gasteiger partial charge in [0.15, 0.2) is 0 Å². The Morgan fingerprint density at radius 2 is 1.57 bits per heavy atom. The van der Waals surface area contributed by atoms with Gasteiger partial charge in [-0.2, -0.15) is 11.3 Å². The number of fused-ring (bicyclic) bond motifs is 3. The summed E-state index contributed by atoms with van der Waals surface area (Å²) < 4.78 is 15.8. The zero-order valence-corrected chi connectivity index (χ0v) is 35.5. The van der Waals surface area contributed by atoms with Crippen molar-refractivity contribution in [2.75, 3.05) is 0 Å². The summed E-state index contributed by atoms with van der Waals surface area (Å²) in [6, 6.07) is 39.0. The van der Waals surface area contributed by atoms with Crippen molar-refractivity contribution in [2.45, 2.75) is 77.9 Å². The number of halogens is 1. The molecule has 6 heteroatoms. The average Bonchev–Trinajstić information content (AvgIpc) is 3.54. The van der Waals surface area contributed by atoms with Crippen LogP contribution in [0.15, 0.2) is 109 Å². The normalized spacial score (nSPS) is 13.5. The molecule has 0 unspecified atom stereocenters. The van der Waals surface area contributed by atoms with Crippen molar-refractivity contribution in [1.82, 2.24) is 9.97 Å². The number of aromatic nitrogens is 2. The third kappa shape index (κ3) is 9.12. The van der Waals surface area contributed by atoms with Gasteiger partial charge < -0.3 is 9.97 Å². The van der Waals surface area contributed by atoms with E-state index in [9.17, 15) is 4.39 Å². The molecule has 7 aromatic rings. The second-order valence-electron chi connectivity index (χ2n) is 15.6. The maximum atomic E-state index is 13.3. The number of hydrogen-bond acceptors (Lipinski definition) is 3.